The fourth-order valence-corrected chi connectivity index (χ4v) is 1.84. The topological polar surface area (TPSA) is 105 Å². The Labute approximate surface area is 123 Å². The normalized spacial score (nSPS) is 10.2. The molecular formula is C13H20N8. The highest BCUT2D eigenvalue weighted by Gasteiger charge is 2.10. The number of hydrogen-bond acceptors (Lipinski definition) is 8. The predicted molar refractivity (Wildman–Crippen MR) is 82.8 cm³/mol. The van der Waals surface area contributed by atoms with Gasteiger partial charge >= 0.3 is 0 Å². The second-order valence-corrected chi connectivity index (χ2v) is 4.31. The molecule has 0 aliphatic heterocycles. The molecule has 0 saturated carbocycles. The molecule has 0 fully saturated rings. The average molecular weight is 288 g/mol. The Morgan fingerprint density at radius 1 is 1.14 bits per heavy atom. The molecule has 0 bridgehead atoms. The standard InChI is InChI=1S/C13H20N8/c1-3-21(4-2)13-18-11(17-12(19-13)20-14)16-9-10-6-5-7-15-8-10/h5-8H,3-4,9,14H2,1-2H3,(H2,16,17,18,19,20). The van der Waals surface area contributed by atoms with E-state index in [-0.39, 0.29) is 0 Å². The highest BCUT2D eigenvalue weighted by Crippen LogP contribution is 2.13. The SMILES string of the molecule is CCN(CC)c1nc(NN)nc(NCc2cccnc2)n1. The lowest BCUT2D eigenvalue weighted by molar-refractivity contribution is 0.811. The first kappa shape index (κ1) is 14.9. The van der Waals surface area contributed by atoms with Gasteiger partial charge in [0.1, 0.15) is 0 Å². The number of nitrogen functional groups attached to an aromatic ring is 1. The number of nitrogens with zero attached hydrogens (tertiary/aromatic N) is 5. The van der Waals surface area contributed by atoms with Crippen LogP contribution in [0.25, 0.3) is 0 Å². The van der Waals surface area contributed by atoms with Gasteiger partial charge in [-0.05, 0) is 25.5 Å². The molecule has 21 heavy (non-hydrogen) atoms. The Bertz CT molecular complexity index is 555. The third-order valence-electron chi connectivity index (χ3n) is 2.97. The van der Waals surface area contributed by atoms with Gasteiger partial charge in [-0.3, -0.25) is 10.4 Å². The van der Waals surface area contributed by atoms with Crippen LogP contribution >= 0.6 is 0 Å². The second-order valence-electron chi connectivity index (χ2n) is 4.31. The third-order valence-corrected chi connectivity index (χ3v) is 2.97. The maximum absolute atomic E-state index is 5.42. The molecule has 0 amide bonds. The number of hydrogen-bond donors (Lipinski definition) is 3. The summed E-state index contributed by atoms with van der Waals surface area (Å²) in [5, 5.41) is 3.15. The molecule has 0 aliphatic carbocycles. The van der Waals surface area contributed by atoms with Gasteiger partial charge in [0, 0.05) is 32.0 Å². The quantitative estimate of drug-likeness (QED) is 0.512. The van der Waals surface area contributed by atoms with Crippen molar-refractivity contribution in [2.45, 2.75) is 20.4 Å². The first-order valence-electron chi connectivity index (χ1n) is 6.87. The third kappa shape index (κ3) is 3.99. The Morgan fingerprint density at radius 2 is 1.90 bits per heavy atom. The van der Waals surface area contributed by atoms with Crippen LogP contribution in [0.2, 0.25) is 0 Å². The zero-order valence-electron chi connectivity index (χ0n) is 12.2. The highest BCUT2D eigenvalue weighted by atomic mass is 15.4. The largest absolute Gasteiger partial charge is 0.350 e. The van der Waals surface area contributed by atoms with Gasteiger partial charge in [0.15, 0.2) is 0 Å². The van der Waals surface area contributed by atoms with Crippen LogP contribution in [0.5, 0.6) is 0 Å². The van der Waals surface area contributed by atoms with E-state index in [1.165, 1.54) is 0 Å². The summed E-state index contributed by atoms with van der Waals surface area (Å²) in [6.45, 7) is 6.30. The van der Waals surface area contributed by atoms with Crippen LogP contribution in [0.3, 0.4) is 0 Å². The summed E-state index contributed by atoms with van der Waals surface area (Å²) in [7, 11) is 0. The van der Waals surface area contributed by atoms with E-state index in [1.54, 1.807) is 12.4 Å². The summed E-state index contributed by atoms with van der Waals surface area (Å²) in [5.74, 6) is 6.82. The summed E-state index contributed by atoms with van der Waals surface area (Å²) in [6, 6.07) is 3.87. The Morgan fingerprint density at radius 3 is 2.52 bits per heavy atom. The predicted octanol–water partition coefficient (Wildman–Crippen LogP) is 1.01. The Balaban J connectivity index is 2.16. The zero-order chi connectivity index (χ0) is 15.1. The average Bonchev–Trinajstić information content (AvgIpc) is 2.55. The lowest BCUT2D eigenvalue weighted by Crippen LogP contribution is -2.26. The van der Waals surface area contributed by atoms with E-state index in [0.29, 0.717) is 24.4 Å². The molecule has 0 aromatic carbocycles. The van der Waals surface area contributed by atoms with Gasteiger partial charge in [-0.15, -0.1) is 0 Å². The van der Waals surface area contributed by atoms with E-state index < -0.39 is 0 Å². The van der Waals surface area contributed by atoms with Crippen molar-refractivity contribution >= 4 is 17.8 Å². The second kappa shape index (κ2) is 7.34. The number of aromatic nitrogens is 4. The van der Waals surface area contributed by atoms with Crippen LogP contribution < -0.4 is 21.5 Å². The maximum atomic E-state index is 5.42. The smallest absolute Gasteiger partial charge is 0.243 e. The van der Waals surface area contributed by atoms with Gasteiger partial charge in [0.2, 0.25) is 17.8 Å². The van der Waals surface area contributed by atoms with Gasteiger partial charge < -0.3 is 10.2 Å². The molecule has 2 aromatic rings. The monoisotopic (exact) mass is 288 g/mol. The molecule has 2 aromatic heterocycles. The Kier molecular flexibility index (Phi) is 5.22. The lowest BCUT2D eigenvalue weighted by atomic mass is 10.3. The molecule has 8 heteroatoms. The highest BCUT2D eigenvalue weighted by molar-refractivity contribution is 5.43. The van der Waals surface area contributed by atoms with E-state index in [0.717, 1.165) is 18.7 Å². The molecule has 0 spiro atoms. The molecule has 0 radical (unpaired) electrons. The van der Waals surface area contributed by atoms with Crippen molar-refractivity contribution in [1.29, 1.82) is 0 Å². The van der Waals surface area contributed by atoms with Crippen molar-refractivity contribution in [3.63, 3.8) is 0 Å². The molecule has 0 saturated heterocycles. The van der Waals surface area contributed by atoms with Crippen molar-refractivity contribution < 1.29 is 0 Å². The fraction of sp³-hybridized carbons (Fsp3) is 0.385. The molecule has 4 N–H and O–H groups in total. The minimum absolute atomic E-state index is 0.334. The van der Waals surface area contributed by atoms with Crippen LogP contribution in [0.4, 0.5) is 17.8 Å². The number of anilines is 3. The van der Waals surface area contributed by atoms with Crippen LogP contribution in [0, 0.1) is 0 Å². The van der Waals surface area contributed by atoms with Crippen molar-refractivity contribution in [3.8, 4) is 0 Å². The summed E-state index contributed by atoms with van der Waals surface area (Å²) in [5.41, 5.74) is 3.51. The van der Waals surface area contributed by atoms with Crippen molar-refractivity contribution in [1.82, 2.24) is 19.9 Å². The van der Waals surface area contributed by atoms with E-state index in [9.17, 15) is 0 Å². The number of rotatable bonds is 7. The van der Waals surface area contributed by atoms with E-state index >= 15 is 0 Å². The molecular weight excluding hydrogens is 268 g/mol. The fourth-order valence-electron chi connectivity index (χ4n) is 1.84. The van der Waals surface area contributed by atoms with Crippen LogP contribution in [0.15, 0.2) is 24.5 Å². The lowest BCUT2D eigenvalue weighted by Gasteiger charge is -2.19. The van der Waals surface area contributed by atoms with Crippen molar-refractivity contribution in [2.75, 3.05) is 28.7 Å². The number of hydrazine groups is 1. The van der Waals surface area contributed by atoms with E-state index in [2.05, 4.69) is 30.7 Å². The van der Waals surface area contributed by atoms with Crippen molar-refractivity contribution in [3.05, 3.63) is 30.1 Å². The first-order valence-corrected chi connectivity index (χ1v) is 6.87. The van der Waals surface area contributed by atoms with Gasteiger partial charge in [-0.25, -0.2) is 5.84 Å². The van der Waals surface area contributed by atoms with Gasteiger partial charge in [0.25, 0.3) is 0 Å². The molecule has 2 heterocycles. The molecule has 0 atom stereocenters. The Hall–Kier alpha value is -2.48. The molecule has 8 nitrogen and oxygen atoms in total. The van der Waals surface area contributed by atoms with Crippen LogP contribution in [-0.4, -0.2) is 33.0 Å². The van der Waals surface area contributed by atoms with Crippen molar-refractivity contribution in [2.24, 2.45) is 5.84 Å². The molecule has 0 aliphatic rings. The molecule has 2 rings (SSSR count). The first-order chi connectivity index (χ1) is 10.3. The van der Waals surface area contributed by atoms with E-state index in [1.807, 2.05) is 30.9 Å². The van der Waals surface area contributed by atoms with Gasteiger partial charge in [-0.2, -0.15) is 15.0 Å². The number of nitrogens with two attached hydrogens (primary N) is 1. The summed E-state index contributed by atoms with van der Waals surface area (Å²) < 4.78 is 0. The molecule has 112 valence electrons. The number of nitrogens with one attached hydrogen (secondary N) is 2. The summed E-state index contributed by atoms with van der Waals surface area (Å²) >= 11 is 0. The number of pyridine rings is 1. The maximum Gasteiger partial charge on any atom is 0.243 e. The summed E-state index contributed by atoms with van der Waals surface area (Å²) in [6.07, 6.45) is 3.53. The van der Waals surface area contributed by atoms with Crippen LogP contribution in [0.1, 0.15) is 19.4 Å². The molecule has 0 unspecified atom stereocenters. The van der Waals surface area contributed by atoms with Gasteiger partial charge in [-0.1, -0.05) is 6.07 Å². The minimum Gasteiger partial charge on any atom is -0.350 e. The minimum atomic E-state index is 0.334. The van der Waals surface area contributed by atoms with E-state index in [4.69, 9.17) is 5.84 Å². The van der Waals surface area contributed by atoms with Crippen LogP contribution in [-0.2, 0) is 6.54 Å². The summed E-state index contributed by atoms with van der Waals surface area (Å²) in [4.78, 5) is 19.0. The zero-order valence-corrected chi connectivity index (χ0v) is 12.2. The van der Waals surface area contributed by atoms with Gasteiger partial charge in [0.05, 0.1) is 0 Å².